The molecule has 1 heterocycles. The summed E-state index contributed by atoms with van der Waals surface area (Å²) in [5.74, 6) is 0. The number of nitrogens with zero attached hydrogens (tertiary/aromatic N) is 2. The molecule has 1 aromatic heterocycles. The summed E-state index contributed by atoms with van der Waals surface area (Å²) in [6.45, 7) is 0. The fourth-order valence-electron chi connectivity index (χ4n) is 1.29. The van der Waals surface area contributed by atoms with Crippen molar-refractivity contribution in [1.82, 2.24) is 4.98 Å². The van der Waals surface area contributed by atoms with Gasteiger partial charge in [-0.25, -0.2) is 0 Å². The first-order chi connectivity index (χ1) is 6.70. The summed E-state index contributed by atoms with van der Waals surface area (Å²) in [6, 6.07) is 6.98. The standard InChI is InChI=1S/C9H5BrN2O2/c10-7-5-11-8-4-2-1-3-6(8)9(7)12(13)14/h1-5H. The number of aromatic nitrogens is 1. The smallest absolute Gasteiger partial charge is 0.258 e. The lowest BCUT2D eigenvalue weighted by molar-refractivity contribution is -0.383. The van der Waals surface area contributed by atoms with Crippen LogP contribution in [0, 0.1) is 10.1 Å². The summed E-state index contributed by atoms with van der Waals surface area (Å²) in [5, 5.41) is 11.3. The Morgan fingerprint density at radius 3 is 2.79 bits per heavy atom. The lowest BCUT2D eigenvalue weighted by Crippen LogP contribution is -1.92. The zero-order valence-electron chi connectivity index (χ0n) is 6.98. The van der Waals surface area contributed by atoms with E-state index >= 15 is 0 Å². The predicted molar refractivity (Wildman–Crippen MR) is 56.1 cm³/mol. The number of hydrogen-bond donors (Lipinski definition) is 0. The molecule has 0 amide bonds. The number of rotatable bonds is 1. The van der Waals surface area contributed by atoms with Crippen molar-refractivity contribution in [3.05, 3.63) is 45.0 Å². The van der Waals surface area contributed by atoms with Crippen LogP contribution in [0.2, 0.25) is 0 Å². The first-order valence-electron chi connectivity index (χ1n) is 3.88. The van der Waals surface area contributed by atoms with Crippen molar-refractivity contribution in [2.75, 3.05) is 0 Å². The highest BCUT2D eigenvalue weighted by Gasteiger charge is 2.16. The van der Waals surface area contributed by atoms with Crippen LogP contribution in [0.3, 0.4) is 0 Å². The van der Waals surface area contributed by atoms with Crippen LogP contribution < -0.4 is 0 Å². The summed E-state index contributed by atoms with van der Waals surface area (Å²) in [5.41, 5.74) is 0.693. The second-order valence-corrected chi connectivity index (χ2v) is 3.58. The van der Waals surface area contributed by atoms with Gasteiger partial charge in [0.05, 0.1) is 15.8 Å². The molecule has 2 aromatic rings. The lowest BCUT2D eigenvalue weighted by atomic mass is 10.2. The highest BCUT2D eigenvalue weighted by Crippen LogP contribution is 2.31. The Morgan fingerprint density at radius 2 is 2.07 bits per heavy atom. The highest BCUT2D eigenvalue weighted by molar-refractivity contribution is 9.10. The van der Waals surface area contributed by atoms with Crippen molar-refractivity contribution in [1.29, 1.82) is 0 Å². The van der Waals surface area contributed by atoms with Gasteiger partial charge in [0.25, 0.3) is 5.69 Å². The maximum absolute atomic E-state index is 10.8. The minimum Gasteiger partial charge on any atom is -0.258 e. The van der Waals surface area contributed by atoms with E-state index in [4.69, 9.17) is 0 Å². The zero-order valence-corrected chi connectivity index (χ0v) is 8.56. The molecule has 1 aromatic carbocycles. The van der Waals surface area contributed by atoms with E-state index in [2.05, 4.69) is 20.9 Å². The van der Waals surface area contributed by atoms with E-state index in [9.17, 15) is 10.1 Å². The highest BCUT2D eigenvalue weighted by atomic mass is 79.9. The van der Waals surface area contributed by atoms with Gasteiger partial charge in [0.1, 0.15) is 4.47 Å². The van der Waals surface area contributed by atoms with Crippen LogP contribution in [0.4, 0.5) is 5.69 Å². The van der Waals surface area contributed by atoms with E-state index in [0.717, 1.165) is 0 Å². The molecule has 0 aliphatic rings. The summed E-state index contributed by atoms with van der Waals surface area (Å²) < 4.78 is 0.404. The molecule has 5 heteroatoms. The Bertz CT molecular complexity index is 513. The third-order valence-electron chi connectivity index (χ3n) is 1.88. The third-order valence-corrected chi connectivity index (χ3v) is 2.47. The van der Waals surface area contributed by atoms with Crippen LogP contribution in [-0.4, -0.2) is 9.91 Å². The van der Waals surface area contributed by atoms with Gasteiger partial charge >= 0.3 is 0 Å². The van der Waals surface area contributed by atoms with E-state index in [1.54, 1.807) is 24.3 Å². The molecule has 0 atom stereocenters. The number of halogens is 1. The van der Waals surface area contributed by atoms with Crippen LogP contribution in [0.1, 0.15) is 0 Å². The van der Waals surface area contributed by atoms with E-state index in [1.807, 2.05) is 0 Å². The Kier molecular flexibility index (Phi) is 2.17. The Morgan fingerprint density at radius 1 is 1.36 bits per heavy atom. The molecular weight excluding hydrogens is 248 g/mol. The molecule has 4 nitrogen and oxygen atoms in total. The molecule has 0 fully saturated rings. The van der Waals surface area contributed by atoms with Gasteiger partial charge in [-0.2, -0.15) is 0 Å². The van der Waals surface area contributed by atoms with Crippen molar-refractivity contribution in [2.24, 2.45) is 0 Å². The topological polar surface area (TPSA) is 56.0 Å². The van der Waals surface area contributed by atoms with E-state index in [-0.39, 0.29) is 5.69 Å². The molecule has 70 valence electrons. The third kappa shape index (κ3) is 1.35. The average Bonchev–Trinajstić information content (AvgIpc) is 2.17. The van der Waals surface area contributed by atoms with Gasteiger partial charge in [-0.05, 0) is 28.1 Å². The molecule has 0 N–H and O–H groups in total. The van der Waals surface area contributed by atoms with Gasteiger partial charge in [0, 0.05) is 6.20 Å². The molecule has 0 spiro atoms. The molecule has 14 heavy (non-hydrogen) atoms. The molecule has 0 aliphatic carbocycles. The summed E-state index contributed by atoms with van der Waals surface area (Å²) >= 11 is 3.11. The number of pyridine rings is 1. The van der Waals surface area contributed by atoms with Gasteiger partial charge in [-0.1, -0.05) is 12.1 Å². The quantitative estimate of drug-likeness (QED) is 0.579. The van der Waals surface area contributed by atoms with Gasteiger partial charge < -0.3 is 0 Å². The molecule has 0 bridgehead atoms. The van der Waals surface area contributed by atoms with Crippen LogP contribution in [-0.2, 0) is 0 Å². The SMILES string of the molecule is O=[N+]([O-])c1c(Br)cnc2ccccc12. The van der Waals surface area contributed by atoms with E-state index in [1.165, 1.54) is 6.20 Å². The minimum atomic E-state index is -0.409. The van der Waals surface area contributed by atoms with Crippen LogP contribution in [0.15, 0.2) is 34.9 Å². The van der Waals surface area contributed by atoms with Gasteiger partial charge in [0.15, 0.2) is 0 Å². The van der Waals surface area contributed by atoms with Gasteiger partial charge in [-0.15, -0.1) is 0 Å². The second kappa shape index (κ2) is 3.34. The monoisotopic (exact) mass is 252 g/mol. The van der Waals surface area contributed by atoms with Crippen molar-refractivity contribution in [2.45, 2.75) is 0 Å². The van der Waals surface area contributed by atoms with Gasteiger partial charge in [-0.3, -0.25) is 15.1 Å². The lowest BCUT2D eigenvalue weighted by Gasteiger charge is -1.99. The predicted octanol–water partition coefficient (Wildman–Crippen LogP) is 2.91. The minimum absolute atomic E-state index is 0.0654. The first kappa shape index (κ1) is 9.08. The van der Waals surface area contributed by atoms with Crippen LogP contribution in [0.5, 0.6) is 0 Å². The Hall–Kier alpha value is -1.49. The largest absolute Gasteiger partial charge is 0.294 e. The molecule has 0 radical (unpaired) electrons. The number of para-hydroxylation sites is 1. The number of nitro groups is 1. The number of benzene rings is 1. The number of hydrogen-bond acceptors (Lipinski definition) is 3. The number of fused-ring (bicyclic) bond motifs is 1. The van der Waals surface area contributed by atoms with Crippen LogP contribution in [0.25, 0.3) is 10.9 Å². The van der Waals surface area contributed by atoms with Crippen molar-refractivity contribution in [3.63, 3.8) is 0 Å². The molecule has 0 aliphatic heterocycles. The fraction of sp³-hybridized carbons (Fsp3) is 0. The fourth-order valence-corrected chi connectivity index (χ4v) is 1.75. The van der Waals surface area contributed by atoms with E-state index < -0.39 is 4.92 Å². The second-order valence-electron chi connectivity index (χ2n) is 2.73. The van der Waals surface area contributed by atoms with Crippen molar-refractivity contribution >= 4 is 32.5 Å². The molecule has 0 saturated heterocycles. The summed E-state index contributed by atoms with van der Waals surface area (Å²) in [6.07, 6.45) is 1.44. The van der Waals surface area contributed by atoms with E-state index in [0.29, 0.717) is 15.4 Å². The molecular formula is C9H5BrN2O2. The Balaban J connectivity index is 2.90. The zero-order chi connectivity index (χ0) is 10.1. The van der Waals surface area contributed by atoms with Crippen LogP contribution >= 0.6 is 15.9 Å². The van der Waals surface area contributed by atoms with Crippen molar-refractivity contribution < 1.29 is 4.92 Å². The first-order valence-corrected chi connectivity index (χ1v) is 4.67. The molecule has 2 rings (SSSR count). The van der Waals surface area contributed by atoms with Crippen molar-refractivity contribution in [3.8, 4) is 0 Å². The normalized spacial score (nSPS) is 10.4. The summed E-state index contributed by atoms with van der Waals surface area (Å²) in [4.78, 5) is 14.4. The maximum Gasteiger partial charge on any atom is 0.294 e. The summed E-state index contributed by atoms with van der Waals surface area (Å²) in [7, 11) is 0. The Labute approximate surface area is 87.9 Å². The molecule has 0 unspecified atom stereocenters. The molecule has 0 saturated carbocycles. The average molecular weight is 253 g/mol. The van der Waals surface area contributed by atoms with Gasteiger partial charge in [0.2, 0.25) is 0 Å². The maximum atomic E-state index is 10.8.